The third-order valence-corrected chi connectivity index (χ3v) is 9.44. The maximum Gasteiger partial charge on any atom is 0.417 e. The molecule has 0 aliphatic rings. The summed E-state index contributed by atoms with van der Waals surface area (Å²) in [5.41, 5.74) is -1.29. The van der Waals surface area contributed by atoms with Crippen LogP contribution in [0.4, 0.5) is 30.2 Å². The Morgan fingerprint density at radius 3 is 2.02 bits per heavy atom. The van der Waals surface area contributed by atoms with Crippen molar-refractivity contribution >= 4 is 66.2 Å². The highest BCUT2D eigenvalue weighted by atomic mass is 35.5. The Kier molecular flexibility index (Phi) is 9.06. The van der Waals surface area contributed by atoms with Crippen molar-refractivity contribution in [2.24, 2.45) is 0 Å². The van der Waals surface area contributed by atoms with Crippen LogP contribution in [-0.4, -0.2) is 29.3 Å². The lowest BCUT2D eigenvalue weighted by atomic mass is 10.2. The van der Waals surface area contributed by atoms with Crippen LogP contribution in [0.25, 0.3) is 0 Å². The summed E-state index contributed by atoms with van der Waals surface area (Å²) in [6, 6.07) is 20.7. The van der Waals surface area contributed by atoms with E-state index in [1.807, 2.05) is 0 Å². The summed E-state index contributed by atoms with van der Waals surface area (Å²) in [4.78, 5) is 12.6. The molecule has 0 saturated carbocycles. The Morgan fingerprint density at radius 1 is 0.762 bits per heavy atom. The molecule has 0 saturated heterocycles. The molecule has 0 aliphatic heterocycles. The number of anilines is 3. The van der Waals surface area contributed by atoms with Gasteiger partial charge in [-0.05, 0) is 72.8 Å². The quantitative estimate of drug-likeness (QED) is 0.209. The maximum absolute atomic E-state index is 13.4. The van der Waals surface area contributed by atoms with Gasteiger partial charge in [-0.25, -0.2) is 16.8 Å². The van der Waals surface area contributed by atoms with E-state index in [9.17, 15) is 34.8 Å². The molecule has 0 unspecified atom stereocenters. The predicted octanol–water partition coefficient (Wildman–Crippen LogP) is 6.65. The molecule has 4 aromatic rings. The molecule has 0 bridgehead atoms. The van der Waals surface area contributed by atoms with Gasteiger partial charge in [-0.15, -0.1) is 0 Å². The number of rotatable bonds is 9. The van der Waals surface area contributed by atoms with Gasteiger partial charge in [0.2, 0.25) is 5.91 Å². The van der Waals surface area contributed by atoms with Crippen molar-refractivity contribution in [3.05, 3.63) is 113 Å². The molecule has 0 spiro atoms. The zero-order valence-electron chi connectivity index (χ0n) is 21.1. The molecular weight excluding hydrogens is 638 g/mol. The summed E-state index contributed by atoms with van der Waals surface area (Å²) >= 11 is 11.6. The number of alkyl halides is 3. The van der Waals surface area contributed by atoms with E-state index in [1.165, 1.54) is 54.6 Å². The third-order valence-electron chi connectivity index (χ3n) is 5.69. The largest absolute Gasteiger partial charge is 0.417 e. The molecule has 0 atom stereocenters. The van der Waals surface area contributed by atoms with Gasteiger partial charge < -0.3 is 5.32 Å². The Balaban J connectivity index is 1.52. The van der Waals surface area contributed by atoms with Crippen LogP contribution in [0.5, 0.6) is 0 Å². The molecule has 4 aromatic carbocycles. The number of nitrogens with one attached hydrogen (secondary N) is 2. The molecule has 4 rings (SSSR count). The second-order valence-electron chi connectivity index (χ2n) is 8.68. The van der Waals surface area contributed by atoms with Crippen molar-refractivity contribution in [3.8, 4) is 0 Å². The fourth-order valence-corrected chi connectivity index (χ4v) is 6.63. The van der Waals surface area contributed by atoms with Crippen LogP contribution in [0.2, 0.25) is 10.0 Å². The lowest BCUT2D eigenvalue weighted by molar-refractivity contribution is -0.137. The zero-order valence-corrected chi connectivity index (χ0v) is 24.3. The van der Waals surface area contributed by atoms with Crippen molar-refractivity contribution in [2.45, 2.75) is 16.0 Å². The summed E-state index contributed by atoms with van der Waals surface area (Å²) in [5.74, 6) is -0.746. The molecule has 8 nitrogen and oxygen atoms in total. The van der Waals surface area contributed by atoms with E-state index in [-0.39, 0.29) is 31.9 Å². The van der Waals surface area contributed by atoms with Crippen LogP contribution in [0.3, 0.4) is 0 Å². The molecule has 15 heteroatoms. The third kappa shape index (κ3) is 7.34. The second-order valence-corrected chi connectivity index (χ2v) is 13.1. The number of halogens is 5. The number of carbonyl (C=O) groups excluding carboxylic acids is 1. The van der Waals surface area contributed by atoms with Crippen molar-refractivity contribution in [1.29, 1.82) is 0 Å². The Hall–Kier alpha value is -3.78. The van der Waals surface area contributed by atoms with Gasteiger partial charge in [0, 0.05) is 16.4 Å². The highest BCUT2D eigenvalue weighted by molar-refractivity contribution is 7.93. The number of benzene rings is 4. The minimum Gasteiger partial charge on any atom is -0.325 e. The molecule has 0 heterocycles. The first-order valence-electron chi connectivity index (χ1n) is 11.8. The molecule has 220 valence electrons. The SMILES string of the molecule is O=C(CN(c1cccc(Cl)c1)S(=O)(=O)c1ccccc1)Nc1ccc(S(=O)(=O)Nc2ccc(Cl)c(C(F)(F)F)c2)cc1. The van der Waals surface area contributed by atoms with Gasteiger partial charge in [-0.3, -0.25) is 13.8 Å². The van der Waals surface area contributed by atoms with Crippen molar-refractivity contribution < 1.29 is 34.8 Å². The first-order chi connectivity index (χ1) is 19.7. The average molecular weight is 659 g/mol. The van der Waals surface area contributed by atoms with Crippen LogP contribution in [-0.2, 0) is 31.0 Å². The van der Waals surface area contributed by atoms with Gasteiger partial charge in [0.15, 0.2) is 0 Å². The minimum absolute atomic E-state index is 0.0529. The van der Waals surface area contributed by atoms with Crippen LogP contribution in [0, 0.1) is 0 Å². The molecule has 0 radical (unpaired) electrons. The number of nitrogens with zero attached hydrogens (tertiary/aromatic N) is 1. The number of hydrogen-bond acceptors (Lipinski definition) is 5. The first-order valence-corrected chi connectivity index (χ1v) is 15.5. The Morgan fingerprint density at radius 2 is 1.40 bits per heavy atom. The topological polar surface area (TPSA) is 113 Å². The number of sulfonamides is 2. The van der Waals surface area contributed by atoms with Crippen molar-refractivity contribution in [1.82, 2.24) is 0 Å². The summed E-state index contributed by atoms with van der Waals surface area (Å²) in [6.07, 6.45) is -4.79. The van der Waals surface area contributed by atoms with Gasteiger partial charge >= 0.3 is 6.18 Å². The molecule has 0 fully saturated rings. The average Bonchev–Trinajstić information content (AvgIpc) is 2.93. The molecule has 0 aliphatic carbocycles. The first kappa shape index (κ1) is 31.2. The van der Waals surface area contributed by atoms with Crippen LogP contribution >= 0.6 is 23.2 Å². The Bertz CT molecular complexity index is 1820. The van der Waals surface area contributed by atoms with E-state index >= 15 is 0 Å². The number of carbonyl (C=O) groups is 1. The van der Waals surface area contributed by atoms with Crippen LogP contribution < -0.4 is 14.3 Å². The smallest absolute Gasteiger partial charge is 0.325 e. The van der Waals surface area contributed by atoms with E-state index in [0.29, 0.717) is 6.07 Å². The summed E-state index contributed by atoms with van der Waals surface area (Å²) in [6.45, 7) is -0.642. The summed E-state index contributed by atoms with van der Waals surface area (Å²) in [7, 11) is -8.50. The Labute approximate surface area is 249 Å². The van der Waals surface area contributed by atoms with E-state index < -0.39 is 49.3 Å². The van der Waals surface area contributed by atoms with Crippen LogP contribution in [0.15, 0.2) is 107 Å². The highest BCUT2D eigenvalue weighted by Crippen LogP contribution is 2.36. The molecule has 42 heavy (non-hydrogen) atoms. The normalized spacial score (nSPS) is 12.0. The predicted molar refractivity (Wildman–Crippen MR) is 155 cm³/mol. The summed E-state index contributed by atoms with van der Waals surface area (Å²) in [5, 5.41) is 2.17. The van der Waals surface area contributed by atoms with Gasteiger partial charge in [0.05, 0.1) is 26.1 Å². The molecule has 2 N–H and O–H groups in total. The lowest BCUT2D eigenvalue weighted by Gasteiger charge is -2.24. The summed E-state index contributed by atoms with van der Waals surface area (Å²) < 4.78 is 94.7. The number of amides is 1. The molecule has 1 amide bonds. The van der Waals surface area contributed by atoms with Crippen molar-refractivity contribution in [2.75, 3.05) is 20.9 Å². The van der Waals surface area contributed by atoms with Crippen molar-refractivity contribution in [3.63, 3.8) is 0 Å². The monoisotopic (exact) mass is 657 g/mol. The standard InChI is InChI=1S/C27H20Cl2F3N3O5S2/c28-18-5-4-6-21(15-18)35(42(39,40)23-7-2-1-3-8-23)17-26(36)33-19-9-12-22(13-10-19)41(37,38)34-20-11-14-25(29)24(16-20)27(30,31)32/h1-16,34H,17H2,(H,33,36). The van der Waals surface area contributed by atoms with Gasteiger partial charge in [-0.2, -0.15) is 13.2 Å². The fourth-order valence-electron chi connectivity index (χ4n) is 3.73. The molecule has 0 aromatic heterocycles. The second kappa shape index (κ2) is 12.2. The van der Waals surface area contributed by atoms with Crippen LogP contribution in [0.1, 0.15) is 5.56 Å². The van der Waals surface area contributed by atoms with Gasteiger partial charge in [0.25, 0.3) is 20.0 Å². The van der Waals surface area contributed by atoms with E-state index in [2.05, 4.69) is 10.0 Å². The van der Waals surface area contributed by atoms with Gasteiger partial charge in [-0.1, -0.05) is 47.5 Å². The maximum atomic E-state index is 13.4. The fraction of sp³-hybridized carbons (Fsp3) is 0.0741. The zero-order chi connectivity index (χ0) is 30.7. The van der Waals surface area contributed by atoms with E-state index in [4.69, 9.17) is 23.2 Å². The minimum atomic E-state index is -4.79. The lowest BCUT2D eigenvalue weighted by Crippen LogP contribution is -2.38. The van der Waals surface area contributed by atoms with E-state index in [1.54, 1.807) is 12.1 Å². The molecular formula is C27H20Cl2F3N3O5S2. The van der Waals surface area contributed by atoms with E-state index in [0.717, 1.165) is 28.6 Å². The highest BCUT2D eigenvalue weighted by Gasteiger charge is 2.34. The number of hydrogen-bond donors (Lipinski definition) is 2. The van der Waals surface area contributed by atoms with Gasteiger partial charge in [0.1, 0.15) is 6.54 Å².